The largest absolute Gasteiger partial charge is 0.351 e. The Labute approximate surface area is 191 Å². The first kappa shape index (κ1) is 21.7. The van der Waals surface area contributed by atoms with Crippen LogP contribution in [0.15, 0.2) is 34.9 Å². The first-order valence-corrected chi connectivity index (χ1v) is 11.2. The average molecular weight is 453 g/mol. The molecule has 6 nitrogen and oxygen atoms in total. The molecule has 2 aliphatic carbocycles. The number of hydrogen-bond acceptors (Lipinski definition) is 5. The van der Waals surface area contributed by atoms with Gasteiger partial charge in [-0.15, -0.1) is 0 Å². The van der Waals surface area contributed by atoms with Crippen LogP contribution in [0.1, 0.15) is 67.0 Å². The van der Waals surface area contributed by atoms with Crippen molar-refractivity contribution in [1.29, 1.82) is 0 Å². The van der Waals surface area contributed by atoms with E-state index in [1.807, 2.05) is 6.92 Å². The zero-order valence-electron chi connectivity index (χ0n) is 19.2. The molecule has 8 heteroatoms. The number of amides is 1. The lowest BCUT2D eigenvalue weighted by molar-refractivity contribution is 0.0612. The Balaban J connectivity index is 1.56. The summed E-state index contributed by atoms with van der Waals surface area (Å²) < 4.78 is 34.0. The van der Waals surface area contributed by atoms with Gasteiger partial charge in [-0.05, 0) is 61.8 Å². The molecule has 0 unspecified atom stereocenters. The highest BCUT2D eigenvalue weighted by Gasteiger charge is 2.64. The first-order valence-electron chi connectivity index (χ1n) is 11.2. The molecule has 2 heterocycles. The molecule has 1 fully saturated rings. The van der Waals surface area contributed by atoms with Gasteiger partial charge in [0.15, 0.2) is 0 Å². The van der Waals surface area contributed by atoms with E-state index in [1.165, 1.54) is 18.2 Å². The van der Waals surface area contributed by atoms with Gasteiger partial charge in [0.1, 0.15) is 11.6 Å². The second kappa shape index (κ2) is 7.43. The van der Waals surface area contributed by atoms with Crippen molar-refractivity contribution < 1.29 is 18.1 Å². The number of halogens is 2. The van der Waals surface area contributed by atoms with Crippen LogP contribution >= 0.6 is 0 Å². The maximum Gasteiger partial charge on any atom is 0.292 e. The van der Waals surface area contributed by atoms with Gasteiger partial charge in [0.2, 0.25) is 5.76 Å². The van der Waals surface area contributed by atoms with Crippen LogP contribution in [0.3, 0.4) is 0 Å². The summed E-state index contributed by atoms with van der Waals surface area (Å²) in [5, 5.41) is 12.6. The molecular weight excluding hydrogens is 426 g/mol. The third-order valence-electron chi connectivity index (χ3n) is 7.80. The van der Waals surface area contributed by atoms with Gasteiger partial charge < -0.3 is 9.42 Å². The lowest BCUT2D eigenvalue weighted by Gasteiger charge is -2.41. The van der Waals surface area contributed by atoms with Crippen LogP contribution in [-0.4, -0.2) is 39.3 Å². The van der Waals surface area contributed by atoms with E-state index >= 15 is 0 Å². The van der Waals surface area contributed by atoms with E-state index < -0.39 is 17.0 Å². The first-order chi connectivity index (χ1) is 15.7. The van der Waals surface area contributed by atoms with Gasteiger partial charge in [-0.25, -0.2) is 8.78 Å². The van der Waals surface area contributed by atoms with Crippen molar-refractivity contribution in [2.75, 3.05) is 13.1 Å². The van der Waals surface area contributed by atoms with E-state index in [-0.39, 0.29) is 34.3 Å². The Bertz CT molecular complexity index is 1230. The van der Waals surface area contributed by atoms with Crippen molar-refractivity contribution in [2.45, 2.75) is 51.9 Å². The Morgan fingerprint density at radius 2 is 1.94 bits per heavy atom. The van der Waals surface area contributed by atoms with E-state index in [0.29, 0.717) is 18.8 Å². The second-order valence-electron chi connectivity index (χ2n) is 9.68. The predicted molar refractivity (Wildman–Crippen MR) is 118 cm³/mol. The van der Waals surface area contributed by atoms with Gasteiger partial charge in [-0.1, -0.05) is 25.1 Å². The summed E-state index contributed by atoms with van der Waals surface area (Å²) in [6.07, 6.45) is 1.77. The number of carbonyl (C=O) groups excluding carboxylic acids is 1. The fraction of sp³-hybridized carbons (Fsp3) is 0.440. The molecule has 2 atom stereocenters. The molecule has 0 aliphatic heterocycles. The smallest absolute Gasteiger partial charge is 0.292 e. The molecule has 0 saturated heterocycles. The van der Waals surface area contributed by atoms with Crippen molar-refractivity contribution in [2.24, 2.45) is 5.41 Å². The molecule has 2 aromatic heterocycles. The fourth-order valence-corrected chi connectivity index (χ4v) is 5.91. The van der Waals surface area contributed by atoms with E-state index in [4.69, 9.17) is 4.52 Å². The number of aryl methyl sites for hydroxylation is 1. The number of rotatable bonds is 5. The Kier molecular flexibility index (Phi) is 4.88. The van der Waals surface area contributed by atoms with E-state index in [2.05, 4.69) is 29.2 Å². The molecule has 0 radical (unpaired) electrons. The van der Waals surface area contributed by atoms with Crippen molar-refractivity contribution in [3.8, 4) is 11.3 Å². The molecule has 0 N–H and O–H groups in total. The van der Waals surface area contributed by atoms with Crippen molar-refractivity contribution in [3.05, 3.63) is 64.7 Å². The molecule has 2 bridgehead atoms. The highest BCUT2D eigenvalue weighted by atomic mass is 19.1. The number of carbonyl (C=O) groups is 1. The predicted octanol–water partition coefficient (Wildman–Crippen LogP) is 5.04. The van der Waals surface area contributed by atoms with Crippen LogP contribution in [0.25, 0.3) is 11.3 Å². The zero-order chi connectivity index (χ0) is 23.5. The summed E-state index contributed by atoms with van der Waals surface area (Å²) in [6.45, 7) is 9.05. The van der Waals surface area contributed by atoms with Crippen molar-refractivity contribution in [3.63, 3.8) is 0 Å². The van der Waals surface area contributed by atoms with Crippen LogP contribution in [0.5, 0.6) is 0 Å². The third kappa shape index (κ3) is 3.03. The number of fused-ring (bicyclic) bond motifs is 5. The van der Waals surface area contributed by atoms with Gasteiger partial charge in [0.05, 0.1) is 22.6 Å². The lowest BCUT2D eigenvalue weighted by Crippen LogP contribution is -2.48. The Morgan fingerprint density at radius 1 is 1.21 bits per heavy atom. The van der Waals surface area contributed by atoms with Crippen LogP contribution in [0.2, 0.25) is 0 Å². The minimum absolute atomic E-state index is 0.159. The summed E-state index contributed by atoms with van der Waals surface area (Å²) in [6, 6.07) is 7.21. The quantitative estimate of drug-likeness (QED) is 0.543. The van der Waals surface area contributed by atoms with Gasteiger partial charge in [-0.2, -0.15) is 10.2 Å². The molecule has 2 aliphatic rings. The maximum atomic E-state index is 14.4. The number of nitrogens with zero attached hydrogens (tertiary/aromatic N) is 4. The summed E-state index contributed by atoms with van der Waals surface area (Å²) in [4.78, 5) is 14.9. The van der Waals surface area contributed by atoms with Gasteiger partial charge in [0.25, 0.3) is 5.91 Å². The molecule has 0 spiro atoms. The zero-order valence-corrected chi connectivity index (χ0v) is 19.2. The topological polar surface area (TPSA) is 72.1 Å². The summed E-state index contributed by atoms with van der Waals surface area (Å²) >= 11 is 0. The summed E-state index contributed by atoms with van der Waals surface area (Å²) in [7, 11) is 0. The van der Waals surface area contributed by atoms with Crippen molar-refractivity contribution in [1.82, 2.24) is 20.3 Å². The molecule has 5 rings (SSSR count). The summed E-state index contributed by atoms with van der Waals surface area (Å²) in [5.41, 5.74) is 1.87. The molecule has 172 valence electrons. The van der Waals surface area contributed by atoms with Crippen LogP contribution in [0.4, 0.5) is 8.78 Å². The highest BCUT2D eigenvalue weighted by molar-refractivity contribution is 5.91. The molecule has 1 saturated carbocycles. The van der Waals surface area contributed by atoms with E-state index in [0.717, 1.165) is 24.1 Å². The Morgan fingerprint density at radius 3 is 2.58 bits per heavy atom. The van der Waals surface area contributed by atoms with Crippen molar-refractivity contribution >= 4 is 5.91 Å². The summed E-state index contributed by atoms with van der Waals surface area (Å²) in [5.74, 6) is -1.15. The average Bonchev–Trinajstić information content (AvgIpc) is 3.37. The molecule has 33 heavy (non-hydrogen) atoms. The van der Waals surface area contributed by atoms with Crippen LogP contribution in [0, 0.1) is 24.0 Å². The maximum absolute atomic E-state index is 14.4. The van der Waals surface area contributed by atoms with E-state index in [9.17, 15) is 13.6 Å². The van der Waals surface area contributed by atoms with Gasteiger partial charge in [-0.3, -0.25) is 4.79 Å². The molecular formula is C25H26F2N4O2. The monoisotopic (exact) mass is 452 g/mol. The number of likely N-dealkylation sites (N-methyl/N-ethyl adjacent to an activating group) is 1. The van der Waals surface area contributed by atoms with Gasteiger partial charge >= 0.3 is 0 Å². The number of hydrogen-bond donors (Lipinski definition) is 0. The minimum Gasteiger partial charge on any atom is -0.351 e. The standard InChI is InChI=1S/C25H26F2N4O2/c1-5-31(23(32)20-11-14(2)30-33-20)13-25-10-9-16(24(25,3)4)15-12-19(28-29-22(15)25)21-17(26)7-6-8-18(21)27/h6-8,11-12,16H,5,9-10,13H2,1-4H3/t16-,25+/m0/s1. The fourth-order valence-electron chi connectivity index (χ4n) is 5.91. The van der Waals surface area contributed by atoms with Crippen LogP contribution < -0.4 is 0 Å². The van der Waals surface area contributed by atoms with Gasteiger partial charge in [0, 0.05) is 24.6 Å². The molecule has 1 amide bonds. The normalized spacial score (nSPS) is 22.4. The third-order valence-corrected chi connectivity index (χ3v) is 7.80. The lowest BCUT2D eigenvalue weighted by atomic mass is 9.68. The number of aromatic nitrogens is 3. The minimum atomic E-state index is -0.661. The van der Waals surface area contributed by atoms with Crippen LogP contribution in [-0.2, 0) is 5.41 Å². The highest BCUT2D eigenvalue weighted by Crippen LogP contribution is 2.67. The molecule has 3 aromatic rings. The SMILES string of the molecule is CCN(C[C@]12CC[C@@H](c3cc(-c4c(F)cccc4F)nnc31)C2(C)C)C(=O)c1cc(C)no1. The second-order valence-corrected chi connectivity index (χ2v) is 9.68. The molecule has 1 aromatic carbocycles. The Hall–Kier alpha value is -3.16. The van der Waals surface area contributed by atoms with E-state index in [1.54, 1.807) is 24.0 Å². The number of benzene rings is 1.